The zero-order valence-electron chi connectivity index (χ0n) is 10.5. The van der Waals surface area contributed by atoms with Gasteiger partial charge in [0.1, 0.15) is 0 Å². The van der Waals surface area contributed by atoms with E-state index in [-0.39, 0.29) is 5.91 Å². The number of carbonyl (C=O) groups excluding carboxylic acids is 1. The minimum absolute atomic E-state index is 0.181. The van der Waals surface area contributed by atoms with Crippen molar-refractivity contribution in [1.82, 2.24) is 19.7 Å². The van der Waals surface area contributed by atoms with E-state index in [1.54, 1.807) is 42.7 Å². The lowest BCUT2D eigenvalue weighted by molar-refractivity contribution is 0.0781. The normalized spacial score (nSPS) is 10.6. The van der Waals surface area contributed by atoms with Crippen LogP contribution in [0.25, 0.3) is 0 Å². The van der Waals surface area contributed by atoms with Crippen LogP contribution in [0.15, 0.2) is 12.4 Å². The van der Waals surface area contributed by atoms with E-state index >= 15 is 0 Å². The average molecular weight is 265 g/mol. The van der Waals surface area contributed by atoms with Crippen molar-refractivity contribution in [1.29, 1.82) is 0 Å². The Morgan fingerprint density at radius 1 is 1.61 bits per heavy atom. The van der Waals surface area contributed by atoms with E-state index in [0.29, 0.717) is 17.9 Å². The molecule has 0 bridgehead atoms. The van der Waals surface area contributed by atoms with Gasteiger partial charge in [-0.1, -0.05) is 0 Å². The van der Waals surface area contributed by atoms with Gasteiger partial charge in [0, 0.05) is 31.4 Å². The molecule has 0 saturated heterocycles. The first-order valence-corrected chi connectivity index (χ1v) is 6.25. The van der Waals surface area contributed by atoms with E-state index in [2.05, 4.69) is 10.1 Å². The van der Waals surface area contributed by atoms with Gasteiger partial charge >= 0.3 is 0 Å². The molecule has 2 rings (SSSR count). The van der Waals surface area contributed by atoms with Crippen LogP contribution >= 0.6 is 11.3 Å². The number of rotatable bonds is 3. The molecule has 2 aromatic heterocycles. The Hall–Kier alpha value is -1.89. The third kappa shape index (κ3) is 2.51. The molecule has 2 aromatic rings. The fourth-order valence-corrected chi connectivity index (χ4v) is 2.49. The van der Waals surface area contributed by atoms with Gasteiger partial charge in [0.25, 0.3) is 5.91 Å². The summed E-state index contributed by atoms with van der Waals surface area (Å²) >= 11 is 1.58. The quantitative estimate of drug-likeness (QED) is 0.899. The van der Waals surface area contributed by atoms with Crippen LogP contribution in [0, 0.1) is 6.92 Å². The number of nitrogens with two attached hydrogens (primary N) is 1. The van der Waals surface area contributed by atoms with Gasteiger partial charge in [-0.2, -0.15) is 5.10 Å². The van der Waals surface area contributed by atoms with E-state index < -0.39 is 0 Å². The fourth-order valence-electron chi connectivity index (χ4n) is 1.64. The molecule has 0 aromatic carbocycles. The molecule has 2 heterocycles. The number of hydrogen-bond acceptors (Lipinski definition) is 5. The Kier molecular flexibility index (Phi) is 3.33. The highest BCUT2D eigenvalue weighted by molar-refractivity contribution is 7.11. The molecule has 18 heavy (non-hydrogen) atoms. The molecule has 7 heteroatoms. The van der Waals surface area contributed by atoms with Crippen LogP contribution in [0.4, 0.5) is 5.69 Å². The molecule has 0 radical (unpaired) electrons. The number of nitrogen functional groups attached to an aromatic ring is 1. The molecule has 0 atom stereocenters. The highest BCUT2D eigenvalue weighted by Crippen LogP contribution is 2.16. The molecule has 1 amide bonds. The van der Waals surface area contributed by atoms with Gasteiger partial charge < -0.3 is 10.6 Å². The molecule has 0 aliphatic carbocycles. The Balaban J connectivity index is 2.11. The van der Waals surface area contributed by atoms with Crippen LogP contribution in [-0.2, 0) is 13.6 Å². The second kappa shape index (κ2) is 4.77. The molecule has 0 aliphatic heterocycles. The number of aryl methyl sites for hydroxylation is 2. The second-order valence-corrected chi connectivity index (χ2v) is 5.43. The first-order valence-electron chi connectivity index (χ1n) is 5.43. The summed E-state index contributed by atoms with van der Waals surface area (Å²) in [6.07, 6.45) is 3.41. The third-order valence-electron chi connectivity index (χ3n) is 2.47. The number of aromatic nitrogens is 3. The van der Waals surface area contributed by atoms with Crippen LogP contribution < -0.4 is 5.73 Å². The highest BCUT2D eigenvalue weighted by atomic mass is 32.1. The predicted octanol–water partition coefficient (Wildman–Crippen LogP) is 1.04. The lowest BCUT2D eigenvalue weighted by Crippen LogP contribution is -2.27. The summed E-state index contributed by atoms with van der Waals surface area (Å²) < 4.78 is 1.53. The number of carbonyl (C=O) groups is 1. The van der Waals surface area contributed by atoms with Gasteiger partial charge in [0.2, 0.25) is 0 Å². The Morgan fingerprint density at radius 3 is 2.83 bits per heavy atom. The number of thiazole rings is 1. The van der Waals surface area contributed by atoms with E-state index in [9.17, 15) is 4.79 Å². The van der Waals surface area contributed by atoms with Gasteiger partial charge in [-0.25, -0.2) is 4.98 Å². The van der Waals surface area contributed by atoms with Gasteiger partial charge in [0.05, 0.1) is 17.2 Å². The maximum Gasteiger partial charge on any atom is 0.276 e. The summed E-state index contributed by atoms with van der Waals surface area (Å²) in [4.78, 5) is 18.9. The van der Waals surface area contributed by atoms with Crippen molar-refractivity contribution in [2.75, 3.05) is 12.8 Å². The molecule has 0 saturated carbocycles. The molecule has 0 fully saturated rings. The Morgan fingerprint density at radius 2 is 2.33 bits per heavy atom. The molecule has 0 unspecified atom stereocenters. The van der Waals surface area contributed by atoms with Gasteiger partial charge in [-0.05, 0) is 6.92 Å². The van der Waals surface area contributed by atoms with Gasteiger partial charge in [-0.3, -0.25) is 9.48 Å². The summed E-state index contributed by atoms with van der Waals surface area (Å²) in [7, 11) is 3.46. The second-order valence-electron chi connectivity index (χ2n) is 4.11. The van der Waals surface area contributed by atoms with E-state index in [1.165, 1.54) is 4.68 Å². The average Bonchev–Trinajstić information content (AvgIpc) is 2.84. The smallest absolute Gasteiger partial charge is 0.276 e. The van der Waals surface area contributed by atoms with E-state index in [1.807, 2.05) is 6.92 Å². The van der Waals surface area contributed by atoms with Crippen LogP contribution in [0.2, 0.25) is 0 Å². The number of nitrogens with zero attached hydrogens (tertiary/aromatic N) is 4. The number of anilines is 1. The lowest BCUT2D eigenvalue weighted by Gasteiger charge is -2.14. The summed E-state index contributed by atoms with van der Waals surface area (Å²) in [5, 5.41) is 5.06. The highest BCUT2D eigenvalue weighted by Gasteiger charge is 2.19. The summed E-state index contributed by atoms with van der Waals surface area (Å²) in [6, 6.07) is 0. The molecule has 6 nitrogen and oxygen atoms in total. The predicted molar refractivity (Wildman–Crippen MR) is 70.3 cm³/mol. The maximum absolute atomic E-state index is 12.1. The standard InChI is InChI=1S/C11H15N5OS/c1-7-13-4-8(18-7)5-15(2)11(17)10-9(12)6-16(3)14-10/h4,6H,5,12H2,1-3H3. The Labute approximate surface area is 109 Å². The van der Waals surface area contributed by atoms with Crippen LogP contribution in [-0.4, -0.2) is 32.6 Å². The number of amides is 1. The van der Waals surface area contributed by atoms with Crippen molar-refractivity contribution >= 4 is 22.9 Å². The fraction of sp³-hybridized carbons (Fsp3) is 0.364. The molecule has 2 N–H and O–H groups in total. The SMILES string of the molecule is Cc1ncc(CN(C)C(=O)c2nn(C)cc2N)s1. The Bertz CT molecular complexity index is 574. The van der Waals surface area contributed by atoms with Crippen molar-refractivity contribution in [3.05, 3.63) is 28.0 Å². The van der Waals surface area contributed by atoms with E-state index in [4.69, 9.17) is 5.73 Å². The van der Waals surface area contributed by atoms with Gasteiger partial charge in [-0.15, -0.1) is 11.3 Å². The zero-order valence-corrected chi connectivity index (χ0v) is 11.4. The minimum atomic E-state index is -0.181. The van der Waals surface area contributed by atoms with Crippen molar-refractivity contribution in [3.8, 4) is 0 Å². The summed E-state index contributed by atoms with van der Waals surface area (Å²) in [5.74, 6) is -0.181. The minimum Gasteiger partial charge on any atom is -0.396 e. The summed E-state index contributed by atoms with van der Waals surface area (Å²) in [6.45, 7) is 2.45. The lowest BCUT2D eigenvalue weighted by atomic mass is 10.3. The third-order valence-corrected chi connectivity index (χ3v) is 3.37. The summed E-state index contributed by atoms with van der Waals surface area (Å²) in [5.41, 5.74) is 6.43. The first kappa shape index (κ1) is 12.6. The van der Waals surface area contributed by atoms with Crippen LogP contribution in [0.5, 0.6) is 0 Å². The first-order chi connectivity index (χ1) is 8.47. The van der Waals surface area contributed by atoms with Gasteiger partial charge in [0.15, 0.2) is 5.69 Å². The van der Waals surface area contributed by atoms with E-state index in [0.717, 1.165) is 9.88 Å². The molecule has 0 aliphatic rings. The maximum atomic E-state index is 12.1. The molecule has 96 valence electrons. The molecule has 0 spiro atoms. The van der Waals surface area contributed by atoms with Crippen LogP contribution in [0.1, 0.15) is 20.4 Å². The van der Waals surface area contributed by atoms with Crippen molar-refractivity contribution in [2.24, 2.45) is 7.05 Å². The number of hydrogen-bond donors (Lipinski definition) is 1. The molecular weight excluding hydrogens is 250 g/mol. The zero-order chi connectivity index (χ0) is 13.3. The van der Waals surface area contributed by atoms with Crippen molar-refractivity contribution < 1.29 is 4.79 Å². The topological polar surface area (TPSA) is 77.0 Å². The van der Waals surface area contributed by atoms with Crippen molar-refractivity contribution in [2.45, 2.75) is 13.5 Å². The largest absolute Gasteiger partial charge is 0.396 e. The van der Waals surface area contributed by atoms with Crippen LogP contribution in [0.3, 0.4) is 0 Å². The molecular formula is C11H15N5OS. The van der Waals surface area contributed by atoms with Crippen molar-refractivity contribution in [3.63, 3.8) is 0 Å². The monoisotopic (exact) mass is 265 g/mol.